The van der Waals surface area contributed by atoms with Gasteiger partial charge >= 0.3 is 0 Å². The fourth-order valence-corrected chi connectivity index (χ4v) is 3.74. The maximum atomic E-state index is 13.2. The van der Waals surface area contributed by atoms with Crippen LogP contribution in [0.15, 0.2) is 18.2 Å². The molecule has 0 bridgehead atoms. The zero-order valence-electron chi connectivity index (χ0n) is 13.2. The van der Waals surface area contributed by atoms with E-state index in [-0.39, 0.29) is 5.82 Å². The van der Waals surface area contributed by atoms with Crippen LogP contribution in [0.4, 0.5) is 4.39 Å². The molecular weight excluding hydrogens is 285 g/mol. The van der Waals surface area contributed by atoms with Crippen LogP contribution in [-0.2, 0) is 6.42 Å². The van der Waals surface area contributed by atoms with Crippen LogP contribution in [0.1, 0.15) is 57.9 Å². The number of hydrogen-bond donors (Lipinski definition) is 1. The van der Waals surface area contributed by atoms with Crippen LogP contribution in [0.2, 0.25) is 5.02 Å². The van der Waals surface area contributed by atoms with E-state index in [4.69, 9.17) is 11.6 Å². The van der Waals surface area contributed by atoms with Crippen molar-refractivity contribution in [3.05, 3.63) is 34.6 Å². The monoisotopic (exact) mass is 311 g/mol. The molecule has 1 aromatic carbocycles. The van der Waals surface area contributed by atoms with E-state index in [1.165, 1.54) is 44.2 Å². The highest BCUT2D eigenvalue weighted by Crippen LogP contribution is 2.40. The van der Waals surface area contributed by atoms with E-state index in [0.717, 1.165) is 24.9 Å². The zero-order chi connectivity index (χ0) is 15.3. The van der Waals surface area contributed by atoms with E-state index < -0.39 is 0 Å². The maximum absolute atomic E-state index is 13.2. The summed E-state index contributed by atoms with van der Waals surface area (Å²) in [6.07, 6.45) is 8.54. The van der Waals surface area contributed by atoms with Gasteiger partial charge in [0.15, 0.2) is 0 Å². The molecule has 0 amide bonds. The van der Waals surface area contributed by atoms with Gasteiger partial charge < -0.3 is 5.32 Å². The van der Waals surface area contributed by atoms with Crippen LogP contribution in [-0.4, -0.2) is 12.6 Å². The van der Waals surface area contributed by atoms with E-state index in [1.807, 2.05) is 6.07 Å². The lowest BCUT2D eigenvalue weighted by Crippen LogP contribution is -2.46. The van der Waals surface area contributed by atoms with Crippen molar-refractivity contribution in [2.75, 3.05) is 6.54 Å². The first kappa shape index (κ1) is 16.8. The molecule has 1 fully saturated rings. The molecule has 0 aromatic heterocycles. The van der Waals surface area contributed by atoms with E-state index in [2.05, 4.69) is 19.2 Å². The number of rotatable bonds is 6. The summed E-state index contributed by atoms with van der Waals surface area (Å²) in [5.41, 5.74) is 1.38. The summed E-state index contributed by atoms with van der Waals surface area (Å²) >= 11 is 6.22. The third-order valence-electron chi connectivity index (χ3n) is 4.92. The third kappa shape index (κ3) is 4.43. The average Bonchev–Trinajstić information content (AvgIpc) is 2.46. The second-order valence-electron chi connectivity index (χ2n) is 6.66. The number of hydrogen-bond acceptors (Lipinski definition) is 1. The SMILES string of the molecule is CCCNC(Cc1ccc(F)cc1Cl)C1(C)CCCCC1. The van der Waals surface area contributed by atoms with E-state index in [0.29, 0.717) is 16.5 Å². The molecule has 1 saturated carbocycles. The molecule has 1 unspecified atom stereocenters. The molecule has 0 spiro atoms. The summed E-state index contributed by atoms with van der Waals surface area (Å²) < 4.78 is 13.2. The maximum Gasteiger partial charge on any atom is 0.124 e. The molecule has 1 aliphatic rings. The number of halogens is 2. The Morgan fingerprint density at radius 1 is 1.29 bits per heavy atom. The van der Waals surface area contributed by atoms with E-state index >= 15 is 0 Å². The Bertz CT molecular complexity index is 455. The van der Waals surface area contributed by atoms with Crippen LogP contribution in [0.3, 0.4) is 0 Å². The second kappa shape index (κ2) is 7.60. The smallest absolute Gasteiger partial charge is 0.124 e. The first-order valence-electron chi connectivity index (χ1n) is 8.22. The fourth-order valence-electron chi connectivity index (χ4n) is 3.50. The van der Waals surface area contributed by atoms with Gasteiger partial charge in [0.1, 0.15) is 5.82 Å². The molecule has 1 aromatic rings. The summed E-state index contributed by atoms with van der Waals surface area (Å²) in [7, 11) is 0. The van der Waals surface area contributed by atoms with Gasteiger partial charge in [0.05, 0.1) is 0 Å². The normalized spacial score (nSPS) is 19.4. The van der Waals surface area contributed by atoms with Gasteiger partial charge in [0, 0.05) is 11.1 Å². The molecule has 2 rings (SSSR count). The molecule has 1 atom stereocenters. The van der Waals surface area contributed by atoms with E-state index in [9.17, 15) is 4.39 Å². The number of benzene rings is 1. The minimum Gasteiger partial charge on any atom is -0.313 e. The summed E-state index contributed by atoms with van der Waals surface area (Å²) in [4.78, 5) is 0. The summed E-state index contributed by atoms with van der Waals surface area (Å²) in [5, 5.41) is 4.27. The van der Waals surface area contributed by atoms with Gasteiger partial charge in [-0.25, -0.2) is 4.39 Å². The predicted molar refractivity (Wildman–Crippen MR) is 88.4 cm³/mol. The first-order valence-corrected chi connectivity index (χ1v) is 8.60. The molecule has 0 aliphatic heterocycles. The van der Waals surface area contributed by atoms with Crippen molar-refractivity contribution in [2.24, 2.45) is 5.41 Å². The van der Waals surface area contributed by atoms with Gasteiger partial charge in [-0.1, -0.05) is 50.8 Å². The van der Waals surface area contributed by atoms with Crippen LogP contribution < -0.4 is 5.32 Å². The van der Waals surface area contributed by atoms with E-state index in [1.54, 1.807) is 0 Å². The molecule has 0 radical (unpaired) electrons. The summed E-state index contributed by atoms with van der Waals surface area (Å²) in [6, 6.07) is 5.20. The summed E-state index contributed by atoms with van der Waals surface area (Å²) in [6.45, 7) is 5.62. The van der Waals surface area contributed by atoms with Crippen molar-refractivity contribution in [3.63, 3.8) is 0 Å². The van der Waals surface area contributed by atoms with Crippen LogP contribution in [0, 0.1) is 11.2 Å². The van der Waals surface area contributed by atoms with Crippen molar-refractivity contribution in [1.82, 2.24) is 5.32 Å². The van der Waals surface area contributed by atoms with Gasteiger partial charge in [-0.2, -0.15) is 0 Å². The predicted octanol–water partition coefficient (Wildman–Crippen LogP) is 5.36. The minimum absolute atomic E-state index is 0.259. The quantitative estimate of drug-likeness (QED) is 0.745. The summed E-state index contributed by atoms with van der Waals surface area (Å²) in [5.74, 6) is -0.259. The third-order valence-corrected chi connectivity index (χ3v) is 5.27. The molecule has 1 nitrogen and oxygen atoms in total. The molecule has 0 saturated heterocycles. The molecule has 21 heavy (non-hydrogen) atoms. The van der Waals surface area contributed by atoms with Gasteiger partial charge in [-0.05, 0) is 55.3 Å². The average molecular weight is 312 g/mol. The van der Waals surface area contributed by atoms with Crippen molar-refractivity contribution in [2.45, 2.75) is 64.8 Å². The molecular formula is C18H27ClFN. The highest BCUT2D eigenvalue weighted by Gasteiger charge is 2.35. The number of nitrogens with one attached hydrogen (secondary N) is 1. The Morgan fingerprint density at radius 2 is 2.00 bits per heavy atom. The lowest BCUT2D eigenvalue weighted by atomic mass is 9.69. The van der Waals surface area contributed by atoms with Crippen LogP contribution >= 0.6 is 11.6 Å². The van der Waals surface area contributed by atoms with Crippen molar-refractivity contribution < 1.29 is 4.39 Å². The lowest BCUT2D eigenvalue weighted by Gasteiger charge is -2.41. The highest BCUT2D eigenvalue weighted by molar-refractivity contribution is 6.31. The lowest BCUT2D eigenvalue weighted by molar-refractivity contribution is 0.143. The highest BCUT2D eigenvalue weighted by atomic mass is 35.5. The first-order chi connectivity index (χ1) is 10.0. The fraction of sp³-hybridized carbons (Fsp3) is 0.667. The Morgan fingerprint density at radius 3 is 2.62 bits per heavy atom. The van der Waals surface area contributed by atoms with Gasteiger partial charge in [-0.3, -0.25) is 0 Å². The van der Waals surface area contributed by atoms with Crippen molar-refractivity contribution in [1.29, 1.82) is 0 Å². The Balaban J connectivity index is 2.15. The molecule has 3 heteroatoms. The standard InChI is InChI=1S/C18H27ClFN/c1-3-11-21-17(18(2)9-5-4-6-10-18)12-14-7-8-15(20)13-16(14)19/h7-8,13,17,21H,3-6,9-12H2,1-2H3. The topological polar surface area (TPSA) is 12.0 Å². The van der Waals surface area contributed by atoms with Gasteiger partial charge in [0.25, 0.3) is 0 Å². The minimum atomic E-state index is -0.259. The Hall–Kier alpha value is -0.600. The molecule has 1 N–H and O–H groups in total. The largest absolute Gasteiger partial charge is 0.313 e. The Kier molecular flexibility index (Phi) is 6.07. The van der Waals surface area contributed by atoms with Crippen LogP contribution in [0.5, 0.6) is 0 Å². The van der Waals surface area contributed by atoms with Gasteiger partial charge in [0.2, 0.25) is 0 Å². The Labute approximate surface area is 133 Å². The van der Waals surface area contributed by atoms with Gasteiger partial charge in [-0.15, -0.1) is 0 Å². The molecule has 0 heterocycles. The molecule has 1 aliphatic carbocycles. The second-order valence-corrected chi connectivity index (χ2v) is 7.07. The van der Waals surface area contributed by atoms with Crippen molar-refractivity contribution >= 4 is 11.6 Å². The molecule has 118 valence electrons. The van der Waals surface area contributed by atoms with Crippen LogP contribution in [0.25, 0.3) is 0 Å². The van der Waals surface area contributed by atoms with Crippen molar-refractivity contribution in [3.8, 4) is 0 Å². The zero-order valence-corrected chi connectivity index (χ0v) is 14.0.